The van der Waals surface area contributed by atoms with Gasteiger partial charge in [0.1, 0.15) is 17.3 Å². The molecule has 0 bridgehead atoms. The van der Waals surface area contributed by atoms with Crippen molar-refractivity contribution < 1.29 is 18.7 Å². The highest BCUT2D eigenvalue weighted by molar-refractivity contribution is 5.80. The highest BCUT2D eigenvalue weighted by Crippen LogP contribution is 2.29. The molecule has 0 spiro atoms. The van der Waals surface area contributed by atoms with Crippen LogP contribution in [0, 0.1) is 0 Å². The number of hydrogen-bond acceptors (Lipinski definition) is 5. The Morgan fingerprint density at radius 3 is 2.28 bits per heavy atom. The molecule has 0 radical (unpaired) electrons. The summed E-state index contributed by atoms with van der Waals surface area (Å²) >= 11 is 0. The van der Waals surface area contributed by atoms with E-state index in [0.29, 0.717) is 11.5 Å². The molecule has 0 atom stereocenters. The van der Waals surface area contributed by atoms with Crippen LogP contribution in [0.1, 0.15) is 11.3 Å². The Bertz CT molecular complexity index is 669. The number of benzene rings is 1. The molecule has 6 heteroatoms. The van der Waals surface area contributed by atoms with Crippen molar-refractivity contribution in [1.82, 2.24) is 9.80 Å². The van der Waals surface area contributed by atoms with Crippen molar-refractivity contribution in [3.05, 3.63) is 47.9 Å². The van der Waals surface area contributed by atoms with Gasteiger partial charge in [-0.15, -0.1) is 0 Å². The van der Waals surface area contributed by atoms with Crippen molar-refractivity contribution in [3.63, 3.8) is 0 Å². The molecule has 6 nitrogen and oxygen atoms in total. The number of methoxy groups -OCH3 is 2. The van der Waals surface area contributed by atoms with Crippen LogP contribution in [0.4, 0.5) is 0 Å². The van der Waals surface area contributed by atoms with Crippen LogP contribution in [0.3, 0.4) is 0 Å². The monoisotopic (exact) mass is 344 g/mol. The van der Waals surface area contributed by atoms with Crippen LogP contribution in [-0.4, -0.2) is 56.1 Å². The molecular formula is C19H24N2O4. The van der Waals surface area contributed by atoms with Gasteiger partial charge in [-0.2, -0.15) is 0 Å². The largest absolute Gasteiger partial charge is 0.496 e. The fraction of sp³-hybridized carbons (Fsp3) is 0.421. The molecule has 0 N–H and O–H groups in total. The van der Waals surface area contributed by atoms with Gasteiger partial charge in [0.25, 0.3) is 0 Å². The minimum atomic E-state index is 0.0976. The van der Waals surface area contributed by atoms with Gasteiger partial charge in [0, 0.05) is 31.7 Å². The molecule has 1 aromatic carbocycles. The molecule has 1 aromatic heterocycles. The first-order chi connectivity index (χ1) is 12.2. The van der Waals surface area contributed by atoms with E-state index in [4.69, 9.17) is 13.9 Å². The number of carbonyl (C=O) groups is 1. The molecule has 1 fully saturated rings. The maximum atomic E-state index is 12.7. The minimum Gasteiger partial charge on any atom is -0.496 e. The van der Waals surface area contributed by atoms with Gasteiger partial charge < -0.3 is 18.8 Å². The second kappa shape index (κ2) is 8.07. The Balaban J connectivity index is 1.58. The maximum absolute atomic E-state index is 12.7. The molecule has 0 aliphatic carbocycles. The summed E-state index contributed by atoms with van der Waals surface area (Å²) in [6.45, 7) is 3.91. The number of rotatable bonds is 6. The topological polar surface area (TPSA) is 55.2 Å². The lowest BCUT2D eigenvalue weighted by Gasteiger charge is -2.34. The number of amides is 1. The van der Waals surface area contributed by atoms with Crippen molar-refractivity contribution in [2.45, 2.75) is 13.0 Å². The van der Waals surface area contributed by atoms with Crippen molar-refractivity contribution in [2.24, 2.45) is 0 Å². The second-order valence-electron chi connectivity index (χ2n) is 6.05. The standard InChI is InChI=1S/C19H24N2O4/c1-23-17-6-3-7-18(24-2)16(17)13-19(22)21-10-8-20(9-11-21)14-15-5-4-12-25-15/h3-7,12H,8-11,13-14H2,1-2H3. The SMILES string of the molecule is COc1cccc(OC)c1CC(=O)N1CCN(Cc2ccco2)CC1. The summed E-state index contributed by atoms with van der Waals surface area (Å²) in [6.07, 6.45) is 1.97. The van der Waals surface area contributed by atoms with E-state index in [1.807, 2.05) is 35.2 Å². The third-order valence-corrected chi connectivity index (χ3v) is 4.54. The number of furan rings is 1. The van der Waals surface area contributed by atoms with Crippen LogP contribution < -0.4 is 9.47 Å². The van der Waals surface area contributed by atoms with Gasteiger partial charge in [-0.25, -0.2) is 0 Å². The van der Waals surface area contributed by atoms with Crippen LogP contribution >= 0.6 is 0 Å². The molecule has 0 saturated carbocycles. The highest BCUT2D eigenvalue weighted by Gasteiger charge is 2.23. The first kappa shape index (κ1) is 17.4. The summed E-state index contributed by atoms with van der Waals surface area (Å²) < 4.78 is 16.2. The van der Waals surface area contributed by atoms with Gasteiger partial charge in [0.2, 0.25) is 5.91 Å². The van der Waals surface area contributed by atoms with Crippen LogP contribution in [0.15, 0.2) is 41.0 Å². The molecule has 3 rings (SSSR count). The molecule has 0 unspecified atom stereocenters. The van der Waals surface area contributed by atoms with Gasteiger partial charge in [-0.05, 0) is 24.3 Å². The van der Waals surface area contributed by atoms with Gasteiger partial charge in [0.05, 0.1) is 33.4 Å². The van der Waals surface area contributed by atoms with Crippen molar-refractivity contribution in [2.75, 3.05) is 40.4 Å². The maximum Gasteiger partial charge on any atom is 0.227 e. The predicted octanol–water partition coefficient (Wildman–Crippen LogP) is 2.18. The average molecular weight is 344 g/mol. The fourth-order valence-corrected chi connectivity index (χ4v) is 3.14. The number of carbonyl (C=O) groups excluding carboxylic acids is 1. The molecular weight excluding hydrogens is 320 g/mol. The lowest BCUT2D eigenvalue weighted by Crippen LogP contribution is -2.48. The van der Waals surface area contributed by atoms with E-state index in [2.05, 4.69) is 4.90 Å². The third kappa shape index (κ3) is 4.14. The molecule has 2 aromatic rings. The zero-order valence-corrected chi connectivity index (χ0v) is 14.7. The van der Waals surface area contributed by atoms with Gasteiger partial charge in [-0.3, -0.25) is 9.69 Å². The highest BCUT2D eigenvalue weighted by atomic mass is 16.5. The molecule has 134 valence electrons. The van der Waals surface area contributed by atoms with E-state index >= 15 is 0 Å². The van der Waals surface area contributed by atoms with Crippen LogP contribution in [0.25, 0.3) is 0 Å². The number of nitrogens with zero attached hydrogens (tertiary/aromatic N) is 2. The van der Waals surface area contributed by atoms with E-state index in [0.717, 1.165) is 44.0 Å². The Labute approximate surface area is 147 Å². The summed E-state index contributed by atoms with van der Waals surface area (Å²) in [5.41, 5.74) is 0.801. The van der Waals surface area contributed by atoms with Crippen LogP contribution in [0.2, 0.25) is 0 Å². The van der Waals surface area contributed by atoms with E-state index in [9.17, 15) is 4.79 Å². The Hall–Kier alpha value is -2.47. The molecule has 1 saturated heterocycles. The van der Waals surface area contributed by atoms with E-state index in [1.54, 1.807) is 20.5 Å². The van der Waals surface area contributed by atoms with E-state index in [1.165, 1.54) is 0 Å². The summed E-state index contributed by atoms with van der Waals surface area (Å²) in [4.78, 5) is 16.9. The lowest BCUT2D eigenvalue weighted by molar-refractivity contribution is -0.132. The lowest BCUT2D eigenvalue weighted by atomic mass is 10.1. The minimum absolute atomic E-state index is 0.0976. The zero-order valence-electron chi connectivity index (χ0n) is 14.7. The Kier molecular flexibility index (Phi) is 5.60. The Morgan fingerprint density at radius 1 is 1.04 bits per heavy atom. The van der Waals surface area contributed by atoms with E-state index < -0.39 is 0 Å². The quantitative estimate of drug-likeness (QED) is 0.804. The zero-order chi connectivity index (χ0) is 17.6. The normalized spacial score (nSPS) is 15.2. The average Bonchev–Trinajstić information content (AvgIpc) is 3.15. The van der Waals surface area contributed by atoms with Crippen LogP contribution in [0.5, 0.6) is 11.5 Å². The van der Waals surface area contributed by atoms with Gasteiger partial charge in [0.15, 0.2) is 0 Å². The van der Waals surface area contributed by atoms with Gasteiger partial charge >= 0.3 is 0 Å². The number of hydrogen-bond donors (Lipinski definition) is 0. The van der Waals surface area contributed by atoms with E-state index in [-0.39, 0.29) is 12.3 Å². The second-order valence-corrected chi connectivity index (χ2v) is 6.05. The molecule has 2 heterocycles. The van der Waals surface area contributed by atoms with Crippen molar-refractivity contribution >= 4 is 5.91 Å². The van der Waals surface area contributed by atoms with Crippen LogP contribution in [-0.2, 0) is 17.8 Å². The smallest absolute Gasteiger partial charge is 0.227 e. The first-order valence-corrected chi connectivity index (χ1v) is 8.43. The first-order valence-electron chi connectivity index (χ1n) is 8.43. The number of piperazine rings is 1. The molecule has 1 aliphatic heterocycles. The Morgan fingerprint density at radius 2 is 1.72 bits per heavy atom. The summed E-state index contributed by atoms with van der Waals surface area (Å²) in [6, 6.07) is 9.44. The fourth-order valence-electron chi connectivity index (χ4n) is 3.14. The van der Waals surface area contributed by atoms with Gasteiger partial charge in [-0.1, -0.05) is 6.07 Å². The summed E-state index contributed by atoms with van der Waals surface area (Å²) in [5, 5.41) is 0. The summed E-state index contributed by atoms with van der Waals surface area (Å²) in [7, 11) is 3.21. The molecule has 1 aliphatic rings. The predicted molar refractivity (Wildman–Crippen MR) is 93.8 cm³/mol. The molecule has 1 amide bonds. The summed E-state index contributed by atoms with van der Waals surface area (Å²) in [5.74, 6) is 2.42. The van der Waals surface area contributed by atoms with Crippen molar-refractivity contribution in [1.29, 1.82) is 0 Å². The third-order valence-electron chi connectivity index (χ3n) is 4.54. The molecule has 25 heavy (non-hydrogen) atoms. The van der Waals surface area contributed by atoms with Crippen molar-refractivity contribution in [3.8, 4) is 11.5 Å². The number of ether oxygens (including phenoxy) is 2.